The molecule has 0 saturated carbocycles. The van der Waals surface area contributed by atoms with Gasteiger partial charge in [0.15, 0.2) is 5.82 Å². The van der Waals surface area contributed by atoms with E-state index in [1.54, 1.807) is 0 Å². The molecular weight excluding hydrogens is 629 g/mol. The Bertz CT molecular complexity index is 2720. The molecule has 2 aliphatic carbocycles. The van der Waals surface area contributed by atoms with E-state index < -0.39 is 0 Å². The van der Waals surface area contributed by atoms with E-state index in [4.69, 9.17) is 9.97 Å². The van der Waals surface area contributed by atoms with Crippen LogP contribution in [0.15, 0.2) is 158 Å². The second-order valence-corrected chi connectivity index (χ2v) is 15.4. The van der Waals surface area contributed by atoms with Gasteiger partial charge in [-0.3, -0.25) is 0 Å². The summed E-state index contributed by atoms with van der Waals surface area (Å²) in [5.74, 6) is 0.727. The van der Waals surface area contributed by atoms with Gasteiger partial charge in [0.1, 0.15) is 0 Å². The van der Waals surface area contributed by atoms with E-state index in [1.165, 1.54) is 66.4 Å². The van der Waals surface area contributed by atoms with Crippen molar-refractivity contribution in [1.29, 1.82) is 0 Å². The third kappa shape index (κ3) is 4.57. The van der Waals surface area contributed by atoms with Crippen LogP contribution in [0.5, 0.6) is 0 Å². The largest absolute Gasteiger partial charge is 0.228 e. The highest BCUT2D eigenvalue weighted by Crippen LogP contribution is 2.53. The molecule has 2 aliphatic rings. The summed E-state index contributed by atoms with van der Waals surface area (Å²) in [4.78, 5) is 10.3. The Hall–Kier alpha value is -6.12. The minimum atomic E-state index is -0.0781. The van der Waals surface area contributed by atoms with E-state index in [0.29, 0.717) is 0 Å². The molecule has 0 unspecified atom stereocenters. The van der Waals surface area contributed by atoms with Crippen molar-refractivity contribution in [3.8, 4) is 67.3 Å². The summed E-state index contributed by atoms with van der Waals surface area (Å²) in [6.07, 6.45) is 0. The molecule has 2 heteroatoms. The summed E-state index contributed by atoms with van der Waals surface area (Å²) in [5, 5.41) is 2.57. The van der Waals surface area contributed by atoms with Gasteiger partial charge >= 0.3 is 0 Å². The molecule has 52 heavy (non-hydrogen) atoms. The first-order valence-electron chi connectivity index (χ1n) is 18.2. The second kappa shape index (κ2) is 11.2. The van der Waals surface area contributed by atoms with Gasteiger partial charge in [0, 0.05) is 27.5 Å². The van der Waals surface area contributed by atoms with E-state index in [9.17, 15) is 0 Å². The third-order valence-electron chi connectivity index (χ3n) is 11.7. The van der Waals surface area contributed by atoms with Crippen LogP contribution in [0.3, 0.4) is 0 Å². The quantitative estimate of drug-likeness (QED) is 0.187. The van der Waals surface area contributed by atoms with Crippen LogP contribution in [0.4, 0.5) is 0 Å². The van der Waals surface area contributed by atoms with E-state index in [-0.39, 0.29) is 10.8 Å². The maximum atomic E-state index is 5.17. The van der Waals surface area contributed by atoms with E-state index in [0.717, 1.165) is 33.9 Å². The minimum Gasteiger partial charge on any atom is -0.228 e. The van der Waals surface area contributed by atoms with Gasteiger partial charge in [-0.05, 0) is 90.7 Å². The molecule has 0 fully saturated rings. The lowest BCUT2D eigenvalue weighted by Crippen LogP contribution is -2.14. The normalized spacial score (nSPS) is 14.5. The summed E-state index contributed by atoms with van der Waals surface area (Å²) in [6, 6.07) is 57.4. The molecule has 2 nitrogen and oxygen atoms in total. The van der Waals surface area contributed by atoms with Gasteiger partial charge in [0.2, 0.25) is 0 Å². The lowest BCUT2D eigenvalue weighted by molar-refractivity contribution is 0.660. The number of hydrogen-bond acceptors (Lipinski definition) is 2. The molecule has 0 spiro atoms. The van der Waals surface area contributed by atoms with Gasteiger partial charge in [-0.15, -0.1) is 0 Å². The Labute approximate surface area is 305 Å². The number of fused-ring (bicyclic) bond motifs is 7. The van der Waals surface area contributed by atoms with Gasteiger partial charge in [-0.1, -0.05) is 161 Å². The van der Waals surface area contributed by atoms with Crippen molar-refractivity contribution in [2.24, 2.45) is 0 Å². The van der Waals surface area contributed by atoms with Gasteiger partial charge < -0.3 is 0 Å². The monoisotopic (exact) mass is 666 g/mol. The first-order valence-corrected chi connectivity index (χ1v) is 18.2. The fourth-order valence-corrected chi connectivity index (χ4v) is 8.87. The number of hydrogen-bond donors (Lipinski definition) is 0. The molecule has 0 radical (unpaired) electrons. The maximum Gasteiger partial charge on any atom is 0.160 e. The highest BCUT2D eigenvalue weighted by Gasteiger charge is 2.37. The van der Waals surface area contributed by atoms with Gasteiger partial charge in [-0.2, -0.15) is 0 Å². The summed E-state index contributed by atoms with van der Waals surface area (Å²) >= 11 is 0. The molecule has 1 heterocycles. The van der Waals surface area contributed by atoms with Crippen molar-refractivity contribution in [2.45, 2.75) is 38.5 Å². The van der Waals surface area contributed by atoms with Crippen molar-refractivity contribution in [3.05, 3.63) is 180 Å². The van der Waals surface area contributed by atoms with Crippen molar-refractivity contribution in [3.63, 3.8) is 0 Å². The van der Waals surface area contributed by atoms with Crippen LogP contribution in [-0.2, 0) is 10.8 Å². The zero-order valence-electron chi connectivity index (χ0n) is 29.9. The van der Waals surface area contributed by atoms with Crippen LogP contribution in [0.25, 0.3) is 78.1 Å². The predicted octanol–water partition coefficient (Wildman–Crippen LogP) is 12.9. The van der Waals surface area contributed by atoms with Crippen LogP contribution in [0.2, 0.25) is 0 Å². The standard InChI is InChI=1S/C50H38N2/c1-49(2)41-19-11-10-17-38(41)39-28-36(25-26-42(39)49)46-30-45(51-48(52-46)33-13-6-5-7-14-33)32-23-21-31(22-24-32)37-18-12-20-43-47(37)40-27-34-15-8-9-16-35(34)29-44(40)50(43,3)4/h5-30H,1-4H3. The smallest absolute Gasteiger partial charge is 0.160 e. The average Bonchev–Trinajstić information content (AvgIpc) is 3.56. The highest BCUT2D eigenvalue weighted by atomic mass is 14.9. The fraction of sp³-hybridized carbons (Fsp3) is 0.120. The van der Waals surface area contributed by atoms with Crippen molar-refractivity contribution in [1.82, 2.24) is 9.97 Å². The molecular formula is C50H38N2. The Balaban J connectivity index is 1.08. The Morgan fingerprint density at radius 2 is 0.923 bits per heavy atom. The van der Waals surface area contributed by atoms with Crippen molar-refractivity contribution >= 4 is 10.8 Å². The molecule has 1 aromatic heterocycles. The maximum absolute atomic E-state index is 5.17. The molecule has 0 saturated heterocycles. The van der Waals surface area contributed by atoms with Gasteiger partial charge in [-0.25, -0.2) is 9.97 Å². The number of nitrogens with zero attached hydrogens (tertiary/aromatic N) is 2. The van der Waals surface area contributed by atoms with Crippen LogP contribution in [0.1, 0.15) is 49.9 Å². The molecule has 8 aromatic rings. The van der Waals surface area contributed by atoms with Crippen LogP contribution in [0, 0.1) is 0 Å². The first-order chi connectivity index (χ1) is 25.3. The highest BCUT2D eigenvalue weighted by molar-refractivity contribution is 5.98. The molecule has 10 rings (SSSR count). The Morgan fingerprint density at radius 1 is 0.346 bits per heavy atom. The molecule has 248 valence electrons. The first kappa shape index (κ1) is 30.7. The number of benzene rings is 7. The topological polar surface area (TPSA) is 25.8 Å². The minimum absolute atomic E-state index is 0.0390. The van der Waals surface area contributed by atoms with Crippen molar-refractivity contribution < 1.29 is 0 Å². The predicted molar refractivity (Wildman–Crippen MR) is 216 cm³/mol. The lowest BCUT2D eigenvalue weighted by atomic mass is 9.81. The molecule has 0 aliphatic heterocycles. The van der Waals surface area contributed by atoms with E-state index in [2.05, 4.69) is 179 Å². The molecule has 0 bridgehead atoms. The zero-order valence-corrected chi connectivity index (χ0v) is 29.9. The number of rotatable bonds is 4. The third-order valence-corrected chi connectivity index (χ3v) is 11.7. The Kier molecular flexibility index (Phi) is 6.60. The van der Waals surface area contributed by atoms with Crippen LogP contribution >= 0.6 is 0 Å². The summed E-state index contributed by atoms with van der Waals surface area (Å²) in [6.45, 7) is 9.36. The van der Waals surface area contributed by atoms with Crippen LogP contribution in [-0.4, -0.2) is 9.97 Å². The molecule has 0 N–H and O–H groups in total. The Morgan fingerprint density at radius 3 is 1.71 bits per heavy atom. The molecule has 7 aromatic carbocycles. The summed E-state index contributed by atoms with van der Waals surface area (Å²) < 4.78 is 0. The summed E-state index contributed by atoms with van der Waals surface area (Å²) in [7, 11) is 0. The van der Waals surface area contributed by atoms with E-state index >= 15 is 0 Å². The molecule has 0 amide bonds. The van der Waals surface area contributed by atoms with Crippen LogP contribution < -0.4 is 0 Å². The summed E-state index contributed by atoms with van der Waals surface area (Å²) in [5.41, 5.74) is 18.1. The SMILES string of the molecule is CC1(C)c2ccccc2-c2cc(-c3cc(-c4ccc(-c5cccc6c5-c5cc7ccccc7cc5C6(C)C)cc4)nc(-c4ccccc4)n3)ccc21. The average molecular weight is 667 g/mol. The fourth-order valence-electron chi connectivity index (χ4n) is 8.87. The van der Waals surface area contributed by atoms with Gasteiger partial charge in [0.05, 0.1) is 11.4 Å². The molecule has 0 atom stereocenters. The van der Waals surface area contributed by atoms with E-state index in [1.807, 2.05) is 6.07 Å². The zero-order chi connectivity index (χ0) is 35.2. The second-order valence-electron chi connectivity index (χ2n) is 15.4. The van der Waals surface area contributed by atoms with Crippen molar-refractivity contribution in [2.75, 3.05) is 0 Å². The van der Waals surface area contributed by atoms with Gasteiger partial charge in [0.25, 0.3) is 0 Å². The lowest BCUT2D eigenvalue weighted by Gasteiger charge is -2.22. The number of aromatic nitrogens is 2.